The van der Waals surface area contributed by atoms with Gasteiger partial charge in [-0.25, -0.2) is 9.37 Å². The molecule has 0 saturated carbocycles. The molecule has 4 rings (SSSR count). The van der Waals surface area contributed by atoms with Gasteiger partial charge in [0.15, 0.2) is 0 Å². The zero-order valence-corrected chi connectivity index (χ0v) is 14.7. The monoisotopic (exact) mass is 344 g/mol. The lowest BCUT2D eigenvalue weighted by atomic mass is 9.97. The topological polar surface area (TPSA) is 41.4 Å². The summed E-state index contributed by atoms with van der Waals surface area (Å²) < 4.78 is 15.7. The SMILES string of the molecule is Cc1sc2c([C@H]3CCCNC3)nc(Nc3cccc(F)c3)n2c1C. The average molecular weight is 344 g/mol. The first-order valence-electron chi connectivity index (χ1n) is 8.35. The van der Waals surface area contributed by atoms with Gasteiger partial charge in [-0.15, -0.1) is 11.3 Å². The third-order valence-corrected chi connectivity index (χ3v) is 5.91. The summed E-state index contributed by atoms with van der Waals surface area (Å²) in [5, 5.41) is 6.77. The maximum Gasteiger partial charge on any atom is 0.213 e. The summed E-state index contributed by atoms with van der Waals surface area (Å²) in [5.74, 6) is 0.968. The molecular weight excluding hydrogens is 323 g/mol. The van der Waals surface area contributed by atoms with E-state index in [-0.39, 0.29) is 5.82 Å². The van der Waals surface area contributed by atoms with Crippen molar-refractivity contribution in [2.75, 3.05) is 18.4 Å². The largest absolute Gasteiger partial charge is 0.325 e. The van der Waals surface area contributed by atoms with Crippen LogP contribution in [0.4, 0.5) is 16.0 Å². The number of halogens is 1. The average Bonchev–Trinajstić information content (AvgIpc) is 3.07. The van der Waals surface area contributed by atoms with Crippen molar-refractivity contribution in [2.45, 2.75) is 32.6 Å². The van der Waals surface area contributed by atoms with Crippen molar-refractivity contribution in [3.8, 4) is 0 Å². The van der Waals surface area contributed by atoms with Gasteiger partial charge in [-0.3, -0.25) is 4.40 Å². The van der Waals surface area contributed by atoms with Gasteiger partial charge >= 0.3 is 0 Å². The van der Waals surface area contributed by atoms with Crippen LogP contribution in [-0.4, -0.2) is 22.5 Å². The van der Waals surface area contributed by atoms with E-state index in [0.29, 0.717) is 5.92 Å². The van der Waals surface area contributed by atoms with Crippen molar-refractivity contribution in [3.05, 3.63) is 46.3 Å². The van der Waals surface area contributed by atoms with E-state index in [2.05, 4.69) is 28.9 Å². The van der Waals surface area contributed by atoms with Gasteiger partial charge in [0, 0.05) is 28.7 Å². The summed E-state index contributed by atoms with van der Waals surface area (Å²) in [6, 6.07) is 6.52. The normalized spacial score (nSPS) is 18.2. The summed E-state index contributed by atoms with van der Waals surface area (Å²) in [6.07, 6.45) is 2.34. The van der Waals surface area contributed by atoms with Crippen molar-refractivity contribution in [1.29, 1.82) is 0 Å². The van der Waals surface area contributed by atoms with Crippen LogP contribution in [0.2, 0.25) is 0 Å². The molecule has 0 unspecified atom stereocenters. The molecule has 1 atom stereocenters. The van der Waals surface area contributed by atoms with Crippen LogP contribution in [0.3, 0.4) is 0 Å². The van der Waals surface area contributed by atoms with Crippen LogP contribution >= 0.6 is 11.3 Å². The number of thiazole rings is 1. The number of aryl methyl sites for hydroxylation is 2. The Morgan fingerprint density at radius 3 is 3.00 bits per heavy atom. The molecule has 1 aromatic carbocycles. The summed E-state index contributed by atoms with van der Waals surface area (Å²) >= 11 is 1.79. The van der Waals surface area contributed by atoms with Gasteiger partial charge in [-0.05, 0) is 51.4 Å². The van der Waals surface area contributed by atoms with E-state index in [1.807, 2.05) is 6.07 Å². The molecule has 1 aliphatic rings. The Kier molecular flexibility index (Phi) is 4.02. The summed E-state index contributed by atoms with van der Waals surface area (Å²) in [4.78, 5) is 7.40. The molecule has 1 saturated heterocycles. The fraction of sp³-hybridized carbons (Fsp3) is 0.389. The van der Waals surface area contributed by atoms with E-state index < -0.39 is 0 Å². The molecule has 1 aliphatic heterocycles. The van der Waals surface area contributed by atoms with E-state index in [1.165, 1.54) is 34.0 Å². The first-order valence-corrected chi connectivity index (χ1v) is 9.17. The van der Waals surface area contributed by atoms with Gasteiger partial charge in [0.25, 0.3) is 0 Å². The van der Waals surface area contributed by atoms with Crippen LogP contribution in [0.5, 0.6) is 0 Å². The molecule has 0 spiro atoms. The second-order valence-electron chi connectivity index (χ2n) is 6.38. The molecule has 4 nitrogen and oxygen atoms in total. The van der Waals surface area contributed by atoms with Gasteiger partial charge in [0.05, 0.1) is 5.69 Å². The number of imidazole rings is 1. The van der Waals surface area contributed by atoms with Gasteiger partial charge in [0.2, 0.25) is 5.95 Å². The fourth-order valence-corrected chi connectivity index (χ4v) is 4.50. The highest BCUT2D eigenvalue weighted by Crippen LogP contribution is 2.35. The first-order chi connectivity index (χ1) is 11.6. The smallest absolute Gasteiger partial charge is 0.213 e. The molecule has 3 aromatic rings. The Labute approximate surface area is 144 Å². The van der Waals surface area contributed by atoms with Crippen molar-refractivity contribution < 1.29 is 4.39 Å². The molecule has 0 amide bonds. The van der Waals surface area contributed by atoms with Crippen LogP contribution in [0.25, 0.3) is 4.83 Å². The van der Waals surface area contributed by atoms with Crippen LogP contribution in [0.15, 0.2) is 24.3 Å². The zero-order chi connectivity index (χ0) is 16.7. The van der Waals surface area contributed by atoms with Crippen molar-refractivity contribution in [2.24, 2.45) is 0 Å². The minimum Gasteiger partial charge on any atom is -0.325 e. The van der Waals surface area contributed by atoms with E-state index in [1.54, 1.807) is 17.4 Å². The molecule has 2 N–H and O–H groups in total. The molecule has 0 bridgehead atoms. The van der Waals surface area contributed by atoms with Crippen LogP contribution in [0.1, 0.15) is 35.0 Å². The predicted octanol–water partition coefficient (Wildman–Crippen LogP) is 4.36. The molecule has 126 valence electrons. The Hall–Kier alpha value is -1.92. The number of hydrogen-bond acceptors (Lipinski definition) is 4. The van der Waals surface area contributed by atoms with Gasteiger partial charge in [0.1, 0.15) is 10.6 Å². The number of fused-ring (bicyclic) bond motifs is 1. The highest BCUT2D eigenvalue weighted by atomic mass is 32.1. The number of nitrogens with zero attached hydrogens (tertiary/aromatic N) is 2. The predicted molar refractivity (Wildman–Crippen MR) is 97.1 cm³/mol. The third kappa shape index (κ3) is 2.70. The van der Waals surface area contributed by atoms with Crippen molar-refractivity contribution >= 4 is 27.8 Å². The number of anilines is 2. The number of piperidine rings is 1. The van der Waals surface area contributed by atoms with Crippen LogP contribution < -0.4 is 10.6 Å². The highest BCUT2D eigenvalue weighted by molar-refractivity contribution is 7.17. The Balaban J connectivity index is 1.79. The molecule has 2 aromatic heterocycles. The Bertz CT molecular complexity index is 877. The standard InChI is InChI=1S/C18H21FN4S/c1-11-12(2)24-17-16(13-5-4-8-20-10-13)22-18(23(11)17)21-15-7-3-6-14(19)9-15/h3,6-7,9,13,20H,4-5,8,10H2,1-2H3,(H,21,22)/t13-/m0/s1. The molecular formula is C18H21FN4S. The summed E-state index contributed by atoms with van der Waals surface area (Å²) in [6.45, 7) is 6.31. The van der Waals surface area contributed by atoms with Crippen LogP contribution in [-0.2, 0) is 0 Å². The molecule has 0 radical (unpaired) electrons. The minimum atomic E-state index is -0.247. The minimum absolute atomic E-state index is 0.247. The maximum absolute atomic E-state index is 13.5. The number of hydrogen-bond donors (Lipinski definition) is 2. The molecule has 3 heterocycles. The number of nitrogens with one attached hydrogen (secondary N) is 2. The van der Waals surface area contributed by atoms with Gasteiger partial charge < -0.3 is 10.6 Å². The lowest BCUT2D eigenvalue weighted by molar-refractivity contribution is 0.458. The second-order valence-corrected chi connectivity index (χ2v) is 7.59. The fourth-order valence-electron chi connectivity index (χ4n) is 3.34. The van der Waals surface area contributed by atoms with E-state index in [9.17, 15) is 4.39 Å². The van der Waals surface area contributed by atoms with Gasteiger partial charge in [-0.1, -0.05) is 6.07 Å². The van der Waals surface area contributed by atoms with Gasteiger partial charge in [-0.2, -0.15) is 0 Å². The molecule has 1 fully saturated rings. The lowest BCUT2D eigenvalue weighted by Crippen LogP contribution is -2.28. The molecule has 24 heavy (non-hydrogen) atoms. The van der Waals surface area contributed by atoms with E-state index in [4.69, 9.17) is 4.98 Å². The highest BCUT2D eigenvalue weighted by Gasteiger charge is 2.24. The first kappa shape index (κ1) is 15.6. The molecule has 0 aliphatic carbocycles. The third-order valence-electron chi connectivity index (χ3n) is 4.72. The lowest BCUT2D eigenvalue weighted by Gasteiger charge is -2.20. The number of aromatic nitrogens is 2. The zero-order valence-electron chi connectivity index (χ0n) is 13.9. The van der Waals surface area contributed by atoms with E-state index in [0.717, 1.165) is 36.8 Å². The van der Waals surface area contributed by atoms with E-state index >= 15 is 0 Å². The summed E-state index contributed by atoms with van der Waals surface area (Å²) in [7, 11) is 0. The van der Waals surface area contributed by atoms with Crippen molar-refractivity contribution in [1.82, 2.24) is 14.7 Å². The Morgan fingerprint density at radius 2 is 2.25 bits per heavy atom. The molecule has 6 heteroatoms. The summed E-state index contributed by atoms with van der Waals surface area (Å²) in [5.41, 5.74) is 3.07. The maximum atomic E-state index is 13.5. The number of rotatable bonds is 3. The Morgan fingerprint density at radius 1 is 1.38 bits per heavy atom. The second kappa shape index (κ2) is 6.18. The number of benzene rings is 1. The van der Waals surface area contributed by atoms with Crippen LogP contribution in [0, 0.1) is 19.7 Å². The quantitative estimate of drug-likeness (QED) is 0.742. The van der Waals surface area contributed by atoms with Crippen molar-refractivity contribution in [3.63, 3.8) is 0 Å².